The molecule has 2 rings (SSSR count). The monoisotopic (exact) mass is 326 g/mol. The molecule has 1 heterocycles. The van der Waals surface area contributed by atoms with Crippen molar-refractivity contribution in [2.75, 3.05) is 5.32 Å². The third-order valence-electron chi connectivity index (χ3n) is 2.20. The number of benzene rings is 1. The van der Waals surface area contributed by atoms with Crippen LogP contribution in [0.3, 0.4) is 0 Å². The van der Waals surface area contributed by atoms with E-state index in [0.29, 0.717) is 15.2 Å². The summed E-state index contributed by atoms with van der Waals surface area (Å²) in [5.41, 5.74) is 0.474. The number of aromatic nitrogens is 1. The number of rotatable bonds is 2. The Morgan fingerprint density at radius 2 is 2.11 bits per heavy atom. The van der Waals surface area contributed by atoms with Crippen molar-refractivity contribution in [2.45, 2.75) is 0 Å². The molecule has 0 unspecified atom stereocenters. The van der Waals surface area contributed by atoms with Crippen LogP contribution in [-0.4, -0.2) is 16.0 Å². The molecule has 0 aliphatic rings. The molecule has 0 aliphatic heterocycles. The van der Waals surface area contributed by atoms with Crippen LogP contribution in [0.4, 0.5) is 5.69 Å². The molecular weight excluding hydrogens is 320 g/mol. The molecular formula is C12H8BrClN2O2. The lowest BCUT2D eigenvalue weighted by atomic mass is 10.2. The normalized spacial score (nSPS) is 10.1. The van der Waals surface area contributed by atoms with Crippen LogP contribution < -0.4 is 5.32 Å². The molecule has 0 fully saturated rings. The van der Waals surface area contributed by atoms with E-state index in [9.17, 15) is 9.90 Å². The quantitative estimate of drug-likeness (QED) is 0.888. The standard InChI is InChI=1S/C12H8BrClN2O2/c13-10-7(14)3-1-4-8(10)16-12(18)11-9(17)5-2-6-15-11/h1-6,17H,(H,16,18). The number of hydrogen-bond acceptors (Lipinski definition) is 3. The zero-order valence-electron chi connectivity index (χ0n) is 9.02. The Balaban J connectivity index is 2.27. The first kappa shape index (κ1) is 12.9. The maximum atomic E-state index is 11.9. The summed E-state index contributed by atoms with van der Waals surface area (Å²) in [5, 5.41) is 12.6. The van der Waals surface area contributed by atoms with Crippen LogP contribution in [0.5, 0.6) is 5.75 Å². The van der Waals surface area contributed by atoms with Crippen LogP contribution in [0.1, 0.15) is 10.5 Å². The summed E-state index contributed by atoms with van der Waals surface area (Å²) < 4.78 is 0.579. The predicted octanol–water partition coefficient (Wildman–Crippen LogP) is 3.46. The fraction of sp³-hybridized carbons (Fsp3) is 0. The number of amides is 1. The third kappa shape index (κ3) is 2.63. The first-order valence-electron chi connectivity index (χ1n) is 4.99. The van der Waals surface area contributed by atoms with Crippen molar-refractivity contribution < 1.29 is 9.90 Å². The molecule has 0 atom stereocenters. The second-order valence-electron chi connectivity index (χ2n) is 3.43. The van der Waals surface area contributed by atoms with Gasteiger partial charge in [0.25, 0.3) is 5.91 Å². The molecule has 1 aromatic heterocycles. The van der Waals surface area contributed by atoms with Crippen molar-refractivity contribution in [3.05, 3.63) is 51.7 Å². The summed E-state index contributed by atoms with van der Waals surface area (Å²) in [5.74, 6) is -0.677. The molecule has 2 aromatic rings. The summed E-state index contributed by atoms with van der Waals surface area (Å²) in [7, 11) is 0. The van der Waals surface area contributed by atoms with E-state index in [-0.39, 0.29) is 11.4 Å². The van der Waals surface area contributed by atoms with Crippen LogP contribution >= 0.6 is 27.5 Å². The fourth-order valence-electron chi connectivity index (χ4n) is 1.35. The van der Waals surface area contributed by atoms with Gasteiger partial charge < -0.3 is 10.4 Å². The average Bonchev–Trinajstić information content (AvgIpc) is 2.35. The summed E-state index contributed by atoms with van der Waals surface area (Å²) in [6.07, 6.45) is 1.43. The number of carbonyl (C=O) groups excluding carboxylic acids is 1. The molecule has 6 heteroatoms. The molecule has 0 spiro atoms. The Morgan fingerprint density at radius 3 is 2.83 bits per heavy atom. The molecule has 0 saturated carbocycles. The summed E-state index contributed by atoms with van der Waals surface area (Å²) in [6.45, 7) is 0. The number of hydrogen-bond donors (Lipinski definition) is 2. The molecule has 92 valence electrons. The van der Waals surface area contributed by atoms with E-state index in [1.54, 1.807) is 24.3 Å². The minimum atomic E-state index is -0.504. The molecule has 2 N–H and O–H groups in total. The predicted molar refractivity (Wildman–Crippen MR) is 73.0 cm³/mol. The second-order valence-corrected chi connectivity index (χ2v) is 4.63. The van der Waals surface area contributed by atoms with Gasteiger partial charge in [0.2, 0.25) is 0 Å². The minimum absolute atomic E-state index is 0.0376. The van der Waals surface area contributed by atoms with Gasteiger partial charge in [-0.25, -0.2) is 4.98 Å². The lowest BCUT2D eigenvalue weighted by Crippen LogP contribution is -2.14. The highest BCUT2D eigenvalue weighted by atomic mass is 79.9. The lowest BCUT2D eigenvalue weighted by Gasteiger charge is -2.08. The molecule has 1 aromatic carbocycles. The van der Waals surface area contributed by atoms with Crippen LogP contribution in [-0.2, 0) is 0 Å². The van der Waals surface area contributed by atoms with Gasteiger partial charge in [-0.05, 0) is 40.2 Å². The summed E-state index contributed by atoms with van der Waals surface area (Å²) >= 11 is 9.18. The van der Waals surface area contributed by atoms with Gasteiger partial charge in [-0.3, -0.25) is 4.79 Å². The van der Waals surface area contributed by atoms with Crippen molar-refractivity contribution in [1.82, 2.24) is 4.98 Å². The maximum absolute atomic E-state index is 11.9. The van der Waals surface area contributed by atoms with E-state index in [4.69, 9.17) is 11.6 Å². The average molecular weight is 328 g/mol. The van der Waals surface area contributed by atoms with Crippen LogP contribution in [0, 0.1) is 0 Å². The highest BCUT2D eigenvalue weighted by Gasteiger charge is 2.14. The second kappa shape index (κ2) is 5.37. The van der Waals surface area contributed by atoms with E-state index in [1.165, 1.54) is 12.3 Å². The van der Waals surface area contributed by atoms with Crippen LogP contribution in [0.2, 0.25) is 5.02 Å². The Kier molecular flexibility index (Phi) is 3.84. The summed E-state index contributed by atoms with van der Waals surface area (Å²) in [6, 6.07) is 8.03. The highest BCUT2D eigenvalue weighted by molar-refractivity contribution is 9.10. The molecule has 0 radical (unpaired) electrons. The van der Waals surface area contributed by atoms with E-state index in [2.05, 4.69) is 26.2 Å². The van der Waals surface area contributed by atoms with E-state index < -0.39 is 5.91 Å². The van der Waals surface area contributed by atoms with E-state index in [0.717, 1.165) is 0 Å². The number of nitrogens with zero attached hydrogens (tertiary/aromatic N) is 1. The number of pyridine rings is 1. The molecule has 4 nitrogen and oxygen atoms in total. The minimum Gasteiger partial charge on any atom is -0.505 e. The highest BCUT2D eigenvalue weighted by Crippen LogP contribution is 2.30. The van der Waals surface area contributed by atoms with E-state index in [1.807, 2.05) is 0 Å². The molecule has 1 amide bonds. The zero-order valence-corrected chi connectivity index (χ0v) is 11.4. The van der Waals surface area contributed by atoms with Gasteiger partial charge in [-0.15, -0.1) is 0 Å². The van der Waals surface area contributed by atoms with Gasteiger partial charge in [-0.1, -0.05) is 17.7 Å². The number of nitrogens with one attached hydrogen (secondary N) is 1. The Hall–Kier alpha value is -1.59. The SMILES string of the molecule is O=C(Nc1cccc(Cl)c1Br)c1ncccc1O. The molecule has 18 heavy (non-hydrogen) atoms. The lowest BCUT2D eigenvalue weighted by molar-refractivity contribution is 0.101. The number of carbonyl (C=O) groups is 1. The first-order chi connectivity index (χ1) is 8.59. The van der Waals surface area contributed by atoms with Crippen molar-refractivity contribution in [3.63, 3.8) is 0 Å². The van der Waals surface area contributed by atoms with Gasteiger partial charge in [-0.2, -0.15) is 0 Å². The molecule has 0 bridgehead atoms. The zero-order chi connectivity index (χ0) is 13.1. The van der Waals surface area contributed by atoms with Crippen LogP contribution in [0.15, 0.2) is 41.0 Å². The number of anilines is 1. The molecule has 0 saturated heterocycles. The topological polar surface area (TPSA) is 62.2 Å². The van der Waals surface area contributed by atoms with Crippen molar-refractivity contribution in [3.8, 4) is 5.75 Å². The Bertz CT molecular complexity index is 604. The number of halogens is 2. The molecule has 0 aliphatic carbocycles. The van der Waals surface area contributed by atoms with Gasteiger partial charge in [0.05, 0.1) is 15.2 Å². The van der Waals surface area contributed by atoms with Crippen LogP contribution in [0.25, 0.3) is 0 Å². The third-order valence-corrected chi connectivity index (χ3v) is 3.60. The van der Waals surface area contributed by atoms with Crippen molar-refractivity contribution in [1.29, 1.82) is 0 Å². The number of aromatic hydroxyl groups is 1. The van der Waals surface area contributed by atoms with E-state index >= 15 is 0 Å². The maximum Gasteiger partial charge on any atom is 0.278 e. The Morgan fingerprint density at radius 1 is 1.33 bits per heavy atom. The first-order valence-corrected chi connectivity index (χ1v) is 6.16. The fourth-order valence-corrected chi connectivity index (χ4v) is 1.89. The van der Waals surface area contributed by atoms with Crippen molar-refractivity contribution >= 4 is 39.1 Å². The summed E-state index contributed by atoms with van der Waals surface area (Å²) in [4.78, 5) is 15.7. The van der Waals surface area contributed by atoms with Crippen molar-refractivity contribution in [2.24, 2.45) is 0 Å². The smallest absolute Gasteiger partial charge is 0.278 e. The van der Waals surface area contributed by atoms with Gasteiger partial charge in [0.1, 0.15) is 5.75 Å². The largest absolute Gasteiger partial charge is 0.505 e. The van der Waals surface area contributed by atoms with Gasteiger partial charge in [0.15, 0.2) is 5.69 Å². The Labute approximate surface area is 117 Å². The van der Waals surface area contributed by atoms with Gasteiger partial charge >= 0.3 is 0 Å². The van der Waals surface area contributed by atoms with Gasteiger partial charge in [0, 0.05) is 6.20 Å².